The van der Waals surface area contributed by atoms with Crippen LogP contribution in [0.3, 0.4) is 0 Å². The maximum absolute atomic E-state index is 11.0. The minimum Gasteiger partial charge on any atom is -0.464 e. The fourth-order valence-electron chi connectivity index (χ4n) is 0.760. The van der Waals surface area contributed by atoms with E-state index in [9.17, 15) is 4.79 Å². The first kappa shape index (κ1) is 11.4. The number of carbonyl (C=O) groups is 1. The highest BCUT2D eigenvalue weighted by molar-refractivity contribution is 5.74. The summed E-state index contributed by atoms with van der Waals surface area (Å²) in [4.78, 5) is 11.0. The summed E-state index contributed by atoms with van der Waals surface area (Å²) in [5.74, 6) is -0.280. The van der Waals surface area contributed by atoms with Gasteiger partial charge in [0, 0.05) is 0 Å². The molecular weight excluding hydrogens is 156 g/mol. The number of hydrogen-bond donors (Lipinski definition) is 0. The number of rotatable bonds is 5. The Morgan fingerprint density at radius 2 is 1.92 bits per heavy atom. The van der Waals surface area contributed by atoms with E-state index in [2.05, 4.69) is 0 Å². The van der Waals surface area contributed by atoms with Gasteiger partial charge in [-0.15, -0.1) is 0 Å². The molecule has 0 N–H and O–H groups in total. The van der Waals surface area contributed by atoms with Gasteiger partial charge in [-0.2, -0.15) is 0 Å². The molecule has 3 heteroatoms. The van der Waals surface area contributed by atoms with Crippen LogP contribution < -0.4 is 0 Å². The van der Waals surface area contributed by atoms with E-state index >= 15 is 0 Å². The average molecular weight is 174 g/mol. The van der Waals surface area contributed by atoms with Gasteiger partial charge in [0.05, 0.1) is 12.7 Å². The van der Waals surface area contributed by atoms with Crippen molar-refractivity contribution in [1.82, 2.24) is 0 Å². The van der Waals surface area contributed by atoms with Crippen LogP contribution in [0.2, 0.25) is 0 Å². The highest BCUT2D eigenvalue weighted by atomic mass is 16.6. The molecule has 0 saturated heterocycles. The molecule has 0 aromatic carbocycles. The Morgan fingerprint density at radius 3 is 2.33 bits per heavy atom. The van der Waals surface area contributed by atoms with Gasteiger partial charge in [-0.25, -0.2) is 4.79 Å². The lowest BCUT2D eigenvalue weighted by molar-refractivity contribution is -0.158. The van der Waals surface area contributed by atoms with E-state index in [1.807, 2.05) is 13.8 Å². The predicted molar refractivity (Wildman–Crippen MR) is 46.9 cm³/mol. The Balaban J connectivity index is 3.70. The summed E-state index contributed by atoms with van der Waals surface area (Å²) >= 11 is 0. The molecule has 3 nitrogen and oxygen atoms in total. The van der Waals surface area contributed by atoms with Crippen LogP contribution in [-0.4, -0.2) is 24.8 Å². The van der Waals surface area contributed by atoms with E-state index in [1.165, 1.54) is 0 Å². The fourth-order valence-corrected chi connectivity index (χ4v) is 0.760. The van der Waals surface area contributed by atoms with Crippen molar-refractivity contribution < 1.29 is 14.3 Å². The molecule has 0 amide bonds. The minimum absolute atomic E-state index is 0.115. The van der Waals surface area contributed by atoms with Crippen LogP contribution in [0, 0.1) is 0 Å². The largest absolute Gasteiger partial charge is 0.464 e. The van der Waals surface area contributed by atoms with Gasteiger partial charge in [0.25, 0.3) is 0 Å². The van der Waals surface area contributed by atoms with Gasteiger partial charge in [-0.05, 0) is 27.2 Å². The van der Waals surface area contributed by atoms with E-state index in [0.29, 0.717) is 6.61 Å². The van der Waals surface area contributed by atoms with Crippen molar-refractivity contribution in [2.75, 3.05) is 6.61 Å². The molecule has 0 spiro atoms. The number of hydrogen-bond acceptors (Lipinski definition) is 3. The van der Waals surface area contributed by atoms with E-state index in [4.69, 9.17) is 9.47 Å². The summed E-state index contributed by atoms with van der Waals surface area (Å²) < 4.78 is 10.1. The molecule has 0 aliphatic carbocycles. The molecule has 0 aliphatic heterocycles. The van der Waals surface area contributed by atoms with Gasteiger partial charge in [0.2, 0.25) is 0 Å². The molecule has 72 valence electrons. The van der Waals surface area contributed by atoms with Crippen molar-refractivity contribution in [2.45, 2.75) is 46.3 Å². The third kappa shape index (κ3) is 4.34. The lowest BCUT2D eigenvalue weighted by Crippen LogP contribution is -2.26. The number of carbonyl (C=O) groups excluding carboxylic acids is 1. The Hall–Kier alpha value is -0.570. The smallest absolute Gasteiger partial charge is 0.334 e. The monoisotopic (exact) mass is 174 g/mol. The first-order valence-corrected chi connectivity index (χ1v) is 4.43. The summed E-state index contributed by atoms with van der Waals surface area (Å²) in [6.45, 7) is 7.86. The zero-order valence-electron chi connectivity index (χ0n) is 8.29. The molecule has 0 aliphatic rings. The first-order valence-electron chi connectivity index (χ1n) is 4.43. The lowest BCUT2D eigenvalue weighted by atomic mass is 10.3. The normalized spacial score (nSPS) is 15.3. The van der Waals surface area contributed by atoms with Gasteiger partial charge in [0.1, 0.15) is 0 Å². The standard InChI is InChI=1S/C9H18O3/c1-5-7(3)12-8(4)9(10)11-6-2/h7-8H,5-6H2,1-4H3. The van der Waals surface area contributed by atoms with E-state index in [0.717, 1.165) is 6.42 Å². The second-order valence-electron chi connectivity index (χ2n) is 2.75. The topological polar surface area (TPSA) is 35.5 Å². The molecule has 2 atom stereocenters. The van der Waals surface area contributed by atoms with E-state index < -0.39 is 6.10 Å². The summed E-state index contributed by atoms with van der Waals surface area (Å²) in [5.41, 5.74) is 0. The third-order valence-corrected chi connectivity index (χ3v) is 1.63. The Morgan fingerprint density at radius 1 is 1.33 bits per heavy atom. The summed E-state index contributed by atoms with van der Waals surface area (Å²) in [6.07, 6.45) is 0.577. The van der Waals surface area contributed by atoms with Crippen molar-refractivity contribution in [3.05, 3.63) is 0 Å². The molecule has 0 rings (SSSR count). The van der Waals surface area contributed by atoms with Crippen molar-refractivity contribution >= 4 is 5.97 Å². The van der Waals surface area contributed by atoms with Crippen LogP contribution in [0.25, 0.3) is 0 Å². The molecule has 0 bridgehead atoms. The van der Waals surface area contributed by atoms with Gasteiger partial charge in [-0.3, -0.25) is 0 Å². The van der Waals surface area contributed by atoms with Crippen molar-refractivity contribution in [2.24, 2.45) is 0 Å². The molecule has 0 fully saturated rings. The quantitative estimate of drug-likeness (QED) is 0.596. The zero-order chi connectivity index (χ0) is 9.56. The van der Waals surface area contributed by atoms with Gasteiger partial charge in [-0.1, -0.05) is 6.92 Å². The van der Waals surface area contributed by atoms with Gasteiger partial charge >= 0.3 is 5.97 Å². The summed E-state index contributed by atoms with van der Waals surface area (Å²) in [7, 11) is 0. The minimum atomic E-state index is -0.445. The Kier molecular flexibility index (Phi) is 5.72. The second-order valence-corrected chi connectivity index (χ2v) is 2.75. The number of ether oxygens (including phenoxy) is 2. The summed E-state index contributed by atoms with van der Waals surface area (Å²) in [5, 5.41) is 0. The molecule has 0 aromatic heterocycles. The molecule has 0 heterocycles. The van der Waals surface area contributed by atoms with Crippen molar-refractivity contribution in [3.8, 4) is 0 Å². The van der Waals surface area contributed by atoms with Crippen molar-refractivity contribution in [1.29, 1.82) is 0 Å². The Bertz CT molecular complexity index is 134. The van der Waals surface area contributed by atoms with Crippen LogP contribution in [0.15, 0.2) is 0 Å². The molecule has 0 aromatic rings. The molecular formula is C9H18O3. The first-order chi connectivity index (χ1) is 5.61. The molecule has 0 radical (unpaired) electrons. The van der Waals surface area contributed by atoms with Crippen LogP contribution in [0.1, 0.15) is 34.1 Å². The van der Waals surface area contributed by atoms with Crippen molar-refractivity contribution in [3.63, 3.8) is 0 Å². The molecule has 0 saturated carbocycles. The lowest BCUT2D eigenvalue weighted by Gasteiger charge is -2.16. The fraction of sp³-hybridized carbons (Fsp3) is 0.889. The molecule has 12 heavy (non-hydrogen) atoms. The van der Waals surface area contributed by atoms with Gasteiger partial charge in [0.15, 0.2) is 6.10 Å². The Labute approximate surface area is 74.0 Å². The molecule has 2 unspecified atom stereocenters. The van der Waals surface area contributed by atoms with E-state index in [1.54, 1.807) is 13.8 Å². The third-order valence-electron chi connectivity index (χ3n) is 1.63. The second kappa shape index (κ2) is 6.00. The van der Waals surface area contributed by atoms with Crippen LogP contribution in [-0.2, 0) is 14.3 Å². The highest BCUT2D eigenvalue weighted by Gasteiger charge is 2.16. The maximum atomic E-state index is 11.0. The maximum Gasteiger partial charge on any atom is 0.334 e. The zero-order valence-corrected chi connectivity index (χ0v) is 8.29. The SMILES string of the molecule is CCOC(=O)C(C)OC(C)CC. The summed E-state index contributed by atoms with van der Waals surface area (Å²) in [6, 6.07) is 0. The van der Waals surface area contributed by atoms with Crippen LogP contribution >= 0.6 is 0 Å². The predicted octanol–water partition coefficient (Wildman–Crippen LogP) is 1.75. The number of esters is 1. The van der Waals surface area contributed by atoms with Crippen LogP contribution in [0.4, 0.5) is 0 Å². The average Bonchev–Trinajstić information content (AvgIpc) is 2.04. The van der Waals surface area contributed by atoms with Crippen LogP contribution in [0.5, 0.6) is 0 Å². The van der Waals surface area contributed by atoms with E-state index in [-0.39, 0.29) is 12.1 Å². The highest BCUT2D eigenvalue weighted by Crippen LogP contribution is 2.02. The van der Waals surface area contributed by atoms with Gasteiger partial charge < -0.3 is 9.47 Å².